The molecule has 0 saturated heterocycles. The van der Waals surface area contributed by atoms with Gasteiger partial charge in [-0.25, -0.2) is 13.4 Å². The number of unbranched alkanes of at least 4 members (excludes halogenated alkanes) is 1. The molecule has 5 nitrogen and oxygen atoms in total. The van der Waals surface area contributed by atoms with Crippen LogP contribution in [0.15, 0.2) is 47.2 Å². The Morgan fingerprint density at radius 1 is 1.27 bits per heavy atom. The minimum Gasteiger partial charge on any atom is -0.333 e. The van der Waals surface area contributed by atoms with Crippen LogP contribution in [0.1, 0.15) is 42.7 Å². The lowest BCUT2D eigenvalue weighted by Gasteiger charge is -2.09. The molecule has 0 unspecified atom stereocenters. The van der Waals surface area contributed by atoms with Crippen molar-refractivity contribution in [3.05, 3.63) is 65.9 Å². The van der Waals surface area contributed by atoms with E-state index in [-0.39, 0.29) is 5.75 Å². The van der Waals surface area contributed by atoms with Gasteiger partial charge in [0.15, 0.2) is 9.84 Å². The first kappa shape index (κ1) is 22.3. The zero-order chi connectivity index (χ0) is 21.7. The van der Waals surface area contributed by atoms with Crippen LogP contribution in [-0.4, -0.2) is 23.7 Å². The van der Waals surface area contributed by atoms with Gasteiger partial charge in [-0.15, -0.1) is 11.3 Å². The van der Waals surface area contributed by atoms with E-state index in [0.29, 0.717) is 46.2 Å². The number of imidazole rings is 1. The predicted octanol–water partition coefficient (Wildman–Crippen LogP) is 5.12. The molecule has 2 heterocycles. The summed E-state index contributed by atoms with van der Waals surface area (Å²) in [6, 6.07) is 9.86. The summed E-state index contributed by atoms with van der Waals surface area (Å²) < 4.78 is 28.4. The van der Waals surface area contributed by atoms with Crippen LogP contribution in [0.3, 0.4) is 0 Å². The third-order valence-corrected chi connectivity index (χ3v) is 8.30. The van der Waals surface area contributed by atoms with E-state index in [9.17, 15) is 13.7 Å². The summed E-state index contributed by atoms with van der Waals surface area (Å²) in [5.41, 5.74) is 2.76. The number of benzene rings is 1. The van der Waals surface area contributed by atoms with E-state index in [2.05, 4.69) is 31.8 Å². The van der Waals surface area contributed by atoms with Crippen molar-refractivity contribution >= 4 is 21.2 Å². The zero-order valence-electron chi connectivity index (χ0n) is 17.3. The third-order valence-electron chi connectivity index (χ3n) is 4.72. The highest BCUT2D eigenvalue weighted by atomic mass is 32.2. The largest absolute Gasteiger partial charge is 0.333 e. The van der Waals surface area contributed by atoms with Crippen LogP contribution in [0.5, 0.6) is 0 Å². The number of nitriles is 1. The van der Waals surface area contributed by atoms with Crippen molar-refractivity contribution in [2.45, 2.75) is 43.9 Å². The van der Waals surface area contributed by atoms with Gasteiger partial charge in [-0.2, -0.15) is 5.26 Å². The van der Waals surface area contributed by atoms with Gasteiger partial charge in [-0.1, -0.05) is 39.3 Å². The highest BCUT2D eigenvalue weighted by Gasteiger charge is 2.25. The maximum absolute atomic E-state index is 13.1. The Balaban J connectivity index is 2.07. The first-order chi connectivity index (χ1) is 14.3. The van der Waals surface area contributed by atoms with E-state index in [4.69, 9.17) is 0 Å². The van der Waals surface area contributed by atoms with Crippen molar-refractivity contribution in [2.75, 3.05) is 5.75 Å². The summed E-state index contributed by atoms with van der Waals surface area (Å²) >= 11 is 1.34. The summed E-state index contributed by atoms with van der Waals surface area (Å²) in [4.78, 5) is 5.07. The molecule has 2 aromatic heterocycles. The second-order valence-corrected chi connectivity index (χ2v) is 11.2. The van der Waals surface area contributed by atoms with E-state index in [1.54, 1.807) is 12.5 Å². The molecule has 157 valence electrons. The van der Waals surface area contributed by atoms with Crippen LogP contribution < -0.4 is 0 Å². The molecule has 0 atom stereocenters. The Hall–Kier alpha value is -2.43. The van der Waals surface area contributed by atoms with Crippen molar-refractivity contribution in [3.63, 3.8) is 0 Å². The van der Waals surface area contributed by atoms with E-state index < -0.39 is 9.84 Å². The molecule has 1 aromatic carbocycles. The van der Waals surface area contributed by atoms with Gasteiger partial charge in [0.25, 0.3) is 0 Å². The van der Waals surface area contributed by atoms with Crippen molar-refractivity contribution in [1.82, 2.24) is 9.55 Å². The maximum Gasteiger partial charge on any atom is 0.188 e. The smallest absolute Gasteiger partial charge is 0.188 e. The van der Waals surface area contributed by atoms with Gasteiger partial charge in [0, 0.05) is 34.9 Å². The lowest BCUT2D eigenvalue weighted by atomic mass is 9.99. The summed E-state index contributed by atoms with van der Waals surface area (Å²) in [6.07, 6.45) is 7.21. The van der Waals surface area contributed by atoms with Crippen LogP contribution in [0.2, 0.25) is 0 Å². The first-order valence-electron chi connectivity index (χ1n) is 9.98. The molecule has 7 heteroatoms. The number of sulfone groups is 1. The topological polar surface area (TPSA) is 75.8 Å². The van der Waals surface area contributed by atoms with Crippen LogP contribution in [0, 0.1) is 24.2 Å². The van der Waals surface area contributed by atoms with Crippen molar-refractivity contribution in [1.29, 1.82) is 5.26 Å². The van der Waals surface area contributed by atoms with Crippen molar-refractivity contribution in [2.24, 2.45) is 5.92 Å². The van der Waals surface area contributed by atoms with Gasteiger partial charge in [-0.05, 0) is 36.5 Å². The Labute approximate surface area is 182 Å². The molecule has 0 aliphatic heterocycles. The Kier molecular flexibility index (Phi) is 7.11. The number of thiophene rings is 1. The zero-order valence-corrected chi connectivity index (χ0v) is 19.0. The molecule has 0 aliphatic carbocycles. The van der Waals surface area contributed by atoms with Gasteiger partial charge in [0.1, 0.15) is 4.21 Å². The fourth-order valence-corrected chi connectivity index (χ4v) is 6.80. The van der Waals surface area contributed by atoms with Crippen molar-refractivity contribution < 1.29 is 8.42 Å². The standard InChI is InChI=1S/C23H26N3O2S2/c1-4-5-10-30(27,28)23-22(13-20(29-23)11-17(2)3)21-7-6-18(12-19(21)14-24)15-26-9-8-25-16-26/h6-9,12-13,16-17H,1,4-5,10-11,15H2,2-3H3. The number of aromatic nitrogens is 2. The molecular formula is C23H26N3O2S2. The molecule has 0 amide bonds. The Morgan fingerprint density at radius 2 is 2.07 bits per heavy atom. The quantitative estimate of drug-likeness (QED) is 0.463. The minimum absolute atomic E-state index is 0.0751. The van der Waals surface area contributed by atoms with Crippen LogP contribution in [-0.2, 0) is 22.8 Å². The molecule has 0 aliphatic rings. The lowest BCUT2D eigenvalue weighted by molar-refractivity contribution is 0.595. The second-order valence-electron chi connectivity index (χ2n) is 7.76. The van der Waals surface area contributed by atoms with Crippen LogP contribution in [0.4, 0.5) is 0 Å². The highest BCUT2D eigenvalue weighted by molar-refractivity contribution is 7.93. The molecule has 0 fully saturated rings. The number of hydrogen-bond donors (Lipinski definition) is 0. The highest BCUT2D eigenvalue weighted by Crippen LogP contribution is 2.39. The predicted molar refractivity (Wildman–Crippen MR) is 121 cm³/mol. The fourth-order valence-electron chi connectivity index (χ4n) is 3.34. The molecule has 3 aromatic rings. The Morgan fingerprint density at radius 3 is 2.70 bits per heavy atom. The first-order valence-corrected chi connectivity index (χ1v) is 12.4. The average molecular weight is 441 g/mol. The monoisotopic (exact) mass is 440 g/mol. The van der Waals surface area contributed by atoms with E-state index in [1.807, 2.05) is 35.0 Å². The van der Waals surface area contributed by atoms with Gasteiger partial charge in [-0.3, -0.25) is 0 Å². The van der Waals surface area contributed by atoms with E-state index in [1.165, 1.54) is 11.3 Å². The van der Waals surface area contributed by atoms with Gasteiger partial charge >= 0.3 is 0 Å². The van der Waals surface area contributed by atoms with Gasteiger partial charge < -0.3 is 4.57 Å². The maximum atomic E-state index is 13.1. The van der Waals surface area contributed by atoms with Gasteiger partial charge in [0.05, 0.1) is 23.7 Å². The van der Waals surface area contributed by atoms with Crippen LogP contribution in [0.25, 0.3) is 11.1 Å². The van der Waals surface area contributed by atoms with Crippen LogP contribution >= 0.6 is 11.3 Å². The second kappa shape index (κ2) is 9.59. The molecule has 1 radical (unpaired) electrons. The van der Waals surface area contributed by atoms with Crippen molar-refractivity contribution in [3.8, 4) is 17.2 Å². The summed E-state index contributed by atoms with van der Waals surface area (Å²) in [5, 5.41) is 9.79. The fraction of sp³-hybridized carbons (Fsp3) is 0.348. The molecule has 30 heavy (non-hydrogen) atoms. The number of nitrogens with zero attached hydrogens (tertiary/aromatic N) is 3. The number of rotatable bonds is 9. The normalized spacial score (nSPS) is 11.7. The molecular weight excluding hydrogens is 414 g/mol. The summed E-state index contributed by atoms with van der Waals surface area (Å²) in [5.74, 6) is 0.492. The lowest BCUT2D eigenvalue weighted by Crippen LogP contribution is -2.06. The average Bonchev–Trinajstić information content (AvgIpc) is 3.36. The molecule has 0 bridgehead atoms. The molecule has 0 spiro atoms. The minimum atomic E-state index is -3.44. The van der Waals surface area contributed by atoms with Gasteiger partial charge in [0.2, 0.25) is 0 Å². The molecule has 0 saturated carbocycles. The SMILES string of the molecule is [CH2]CCCS(=O)(=O)c1sc(CC(C)C)cc1-c1ccc(Cn2ccnc2)cc1C#N. The molecule has 3 rings (SSSR count). The third kappa shape index (κ3) is 5.18. The summed E-state index contributed by atoms with van der Waals surface area (Å²) in [7, 11) is -3.44. The number of hydrogen-bond acceptors (Lipinski definition) is 5. The molecule has 0 N–H and O–H groups in total. The summed E-state index contributed by atoms with van der Waals surface area (Å²) in [6.45, 7) is 8.59. The Bertz CT molecular complexity index is 1140. The van der Waals surface area contributed by atoms with E-state index >= 15 is 0 Å². The van der Waals surface area contributed by atoms with E-state index in [0.717, 1.165) is 16.9 Å².